The molecule has 0 nitrogen and oxygen atoms in total. The van der Waals surface area contributed by atoms with E-state index in [0.29, 0.717) is 11.8 Å². The van der Waals surface area contributed by atoms with E-state index in [-0.39, 0.29) is 7.25 Å². The first-order valence-electron chi connectivity index (χ1n) is 23.7. The van der Waals surface area contributed by atoms with Crippen molar-refractivity contribution in [2.45, 2.75) is 101 Å². The van der Waals surface area contributed by atoms with Gasteiger partial charge in [-0.25, -0.2) is 0 Å². The Morgan fingerprint density at radius 2 is 0.919 bits per heavy atom. The zero-order chi connectivity index (χ0) is 43.5. The van der Waals surface area contributed by atoms with Gasteiger partial charge in [-0.15, -0.1) is 0 Å². The predicted octanol–water partition coefficient (Wildman–Crippen LogP) is 14.4. The Labute approximate surface area is 383 Å². The SMILES string of the molecule is CCc1ccccc1-c1c(CC)ccc2c1C=C(C(C)CC)[CH]2[Zr]([Cl])([Cl])([c]1cccc2c1[SiH2]c1ccccc1-2)[CH]1C(C(C)CC)=Cc2c1ccc(CC)c2-c1ccccc1CC. The first kappa shape index (κ1) is 43.7. The fraction of sp³-hybridized carbons (Fsp3) is 0.310. The van der Waals surface area contributed by atoms with Crippen LogP contribution in [-0.4, -0.2) is 9.52 Å². The maximum absolute atomic E-state index is 9.58. The van der Waals surface area contributed by atoms with Gasteiger partial charge in [0.15, 0.2) is 0 Å². The average Bonchev–Trinajstić information content (AvgIpc) is 4.03. The van der Waals surface area contributed by atoms with E-state index in [1.807, 2.05) is 0 Å². The molecule has 9 rings (SSSR count). The van der Waals surface area contributed by atoms with Crippen LogP contribution in [0.4, 0.5) is 0 Å². The van der Waals surface area contributed by atoms with Gasteiger partial charge in [0.25, 0.3) is 0 Å². The molecule has 62 heavy (non-hydrogen) atoms. The van der Waals surface area contributed by atoms with Gasteiger partial charge in [0.05, 0.1) is 0 Å². The third kappa shape index (κ3) is 6.67. The number of allylic oxidation sites excluding steroid dienone is 2. The molecule has 0 spiro atoms. The van der Waals surface area contributed by atoms with Crippen LogP contribution >= 0.6 is 17.0 Å². The number of fused-ring (bicyclic) bond motifs is 5. The van der Waals surface area contributed by atoms with Crippen LogP contribution in [0.2, 0.25) is 0 Å². The summed E-state index contributed by atoms with van der Waals surface area (Å²) in [6.45, 7) is 18.8. The Kier molecular flexibility index (Phi) is 12.1. The Morgan fingerprint density at radius 1 is 0.484 bits per heavy atom. The molecule has 6 aromatic carbocycles. The zero-order valence-electron chi connectivity index (χ0n) is 38.1. The second kappa shape index (κ2) is 17.1. The Balaban J connectivity index is 1.43. The van der Waals surface area contributed by atoms with Gasteiger partial charge in [0.2, 0.25) is 0 Å². The van der Waals surface area contributed by atoms with Crippen molar-refractivity contribution in [3.05, 3.63) is 171 Å². The van der Waals surface area contributed by atoms with Crippen LogP contribution in [0.25, 0.3) is 45.5 Å². The molecule has 0 fully saturated rings. The summed E-state index contributed by atoms with van der Waals surface area (Å²) in [5.41, 5.74) is 22.1. The van der Waals surface area contributed by atoms with Gasteiger partial charge in [-0.2, -0.15) is 0 Å². The van der Waals surface area contributed by atoms with Gasteiger partial charge in [-0.3, -0.25) is 0 Å². The molecule has 0 saturated carbocycles. The molecule has 0 radical (unpaired) electrons. The monoisotopic (exact) mass is 947 g/mol. The van der Waals surface area contributed by atoms with E-state index in [0.717, 1.165) is 38.5 Å². The van der Waals surface area contributed by atoms with Gasteiger partial charge in [-0.05, 0) is 0 Å². The molecular formula is C58H63Cl2SiZr. The summed E-state index contributed by atoms with van der Waals surface area (Å²) >= 11 is -5.76. The topological polar surface area (TPSA) is 0 Å². The maximum atomic E-state index is 9.58. The quantitative estimate of drug-likeness (QED) is 0.101. The van der Waals surface area contributed by atoms with Gasteiger partial charge >= 0.3 is 386 Å². The zero-order valence-corrected chi connectivity index (χ0v) is 43.5. The summed E-state index contributed by atoms with van der Waals surface area (Å²) in [5, 5.41) is 2.99. The van der Waals surface area contributed by atoms with E-state index in [9.17, 15) is 17.0 Å². The molecule has 1 aliphatic heterocycles. The van der Waals surface area contributed by atoms with Gasteiger partial charge in [-0.1, -0.05) is 0 Å². The first-order valence-corrected chi connectivity index (χ1v) is 35.5. The second-order valence-corrected chi connectivity index (χ2v) is 41.0. The van der Waals surface area contributed by atoms with E-state index < -0.39 is 25.9 Å². The van der Waals surface area contributed by atoms with Gasteiger partial charge < -0.3 is 0 Å². The number of hydrogen-bond acceptors (Lipinski definition) is 0. The van der Waals surface area contributed by atoms with E-state index in [1.165, 1.54) is 103 Å². The van der Waals surface area contributed by atoms with Crippen molar-refractivity contribution >= 4 is 52.3 Å². The normalized spacial score (nSPS) is 18.3. The van der Waals surface area contributed by atoms with Crippen LogP contribution in [0, 0.1) is 11.8 Å². The van der Waals surface area contributed by atoms with Crippen LogP contribution in [-0.2, 0) is 42.1 Å². The van der Waals surface area contributed by atoms with Crippen molar-refractivity contribution in [2.75, 3.05) is 0 Å². The Bertz CT molecular complexity index is 2650. The molecule has 4 atom stereocenters. The van der Waals surface area contributed by atoms with Crippen molar-refractivity contribution in [3.63, 3.8) is 0 Å². The Hall–Kier alpha value is -3.52. The summed E-state index contributed by atoms with van der Waals surface area (Å²) in [7, 11) is 18.3. The number of hydrogen-bond donors (Lipinski definition) is 0. The van der Waals surface area contributed by atoms with E-state index in [4.69, 9.17) is 0 Å². The molecule has 0 amide bonds. The fourth-order valence-corrected chi connectivity index (χ4v) is 40.0. The van der Waals surface area contributed by atoms with Crippen LogP contribution in [0.15, 0.2) is 126 Å². The predicted molar refractivity (Wildman–Crippen MR) is 273 cm³/mol. The summed E-state index contributed by atoms with van der Waals surface area (Å²) < 4.78 is 1.11. The number of benzene rings is 6. The van der Waals surface area contributed by atoms with Crippen molar-refractivity contribution < 1.29 is 16.4 Å². The average molecular weight is 950 g/mol. The summed E-state index contributed by atoms with van der Waals surface area (Å²) in [6.07, 6.45) is 11.2. The van der Waals surface area contributed by atoms with Crippen LogP contribution in [0.5, 0.6) is 0 Å². The minimum absolute atomic E-state index is 0.104. The van der Waals surface area contributed by atoms with Crippen molar-refractivity contribution in [3.8, 4) is 33.4 Å². The summed E-state index contributed by atoms with van der Waals surface area (Å²) in [5.74, 6) is 0.601. The molecule has 2 aliphatic carbocycles. The van der Waals surface area contributed by atoms with Gasteiger partial charge in [0.1, 0.15) is 0 Å². The van der Waals surface area contributed by atoms with Crippen LogP contribution in [0.3, 0.4) is 0 Å². The summed E-state index contributed by atoms with van der Waals surface area (Å²) in [6, 6.07) is 44.3. The van der Waals surface area contributed by atoms with Crippen LogP contribution < -0.4 is 13.6 Å². The van der Waals surface area contributed by atoms with E-state index >= 15 is 0 Å². The first-order chi connectivity index (χ1) is 30.0. The molecule has 6 aromatic rings. The molecule has 317 valence electrons. The molecular weight excluding hydrogens is 887 g/mol. The third-order valence-electron chi connectivity index (χ3n) is 15.5. The van der Waals surface area contributed by atoms with Crippen molar-refractivity contribution in [1.29, 1.82) is 0 Å². The van der Waals surface area contributed by atoms with E-state index in [2.05, 4.69) is 183 Å². The Morgan fingerprint density at radius 3 is 1.39 bits per heavy atom. The minimum atomic E-state index is -5.76. The standard InChI is InChI=1S/2C23H27.C12H9Si.2ClH.Zr/c2*1-5-16(4)20-14-19-13-12-18(7-3)23(22(19)15-20)21-11-9-8-10-17(21)6-2;1-3-7-11-9(5-1)10-6-2-4-8-12(10)13-11;;;/h2*8-16H,5-7H2,1-4H3;1-7H,13H2;2*1H;/q;;;;;+2/p-2. The van der Waals surface area contributed by atoms with Gasteiger partial charge in [0, 0.05) is 0 Å². The third-order valence-corrected chi connectivity index (χ3v) is 38.1. The van der Waals surface area contributed by atoms with Crippen LogP contribution in [0.1, 0.15) is 120 Å². The van der Waals surface area contributed by atoms with Crippen molar-refractivity contribution in [1.82, 2.24) is 0 Å². The number of halogens is 2. The fourth-order valence-electron chi connectivity index (χ4n) is 12.0. The van der Waals surface area contributed by atoms with Crippen molar-refractivity contribution in [2.24, 2.45) is 11.8 Å². The molecule has 3 aliphatic rings. The molecule has 0 aromatic heterocycles. The molecule has 0 bridgehead atoms. The molecule has 4 heteroatoms. The second-order valence-electron chi connectivity index (χ2n) is 18.5. The molecule has 4 unspecified atom stereocenters. The number of rotatable bonds is 13. The molecule has 0 N–H and O–H groups in total. The molecule has 1 heterocycles. The van der Waals surface area contributed by atoms with E-state index in [1.54, 1.807) is 0 Å². The summed E-state index contributed by atoms with van der Waals surface area (Å²) in [4.78, 5) is 0. The molecule has 0 saturated heterocycles. The number of aryl methyl sites for hydroxylation is 4.